The van der Waals surface area contributed by atoms with Crippen LogP contribution in [-0.4, -0.2) is 42.5 Å². The summed E-state index contributed by atoms with van der Waals surface area (Å²) in [5.74, 6) is 0.594. The van der Waals surface area contributed by atoms with E-state index in [1.807, 2.05) is 38.1 Å². The Hall–Kier alpha value is -2.25. The standard InChI is InChI=1S/C23H28BrClN2O4/c1-5-15(2)26-23(29)16(3)27(13-17-6-9-19(30-4)10-7-17)22(28)14-31-21-11-8-18(24)12-20(21)25/h6-12,15-16H,5,13-14H2,1-4H3,(H,26,29)/t15-,16-/m1/s1. The first-order chi connectivity index (χ1) is 14.7. The van der Waals surface area contributed by atoms with Crippen molar-refractivity contribution < 1.29 is 19.1 Å². The number of nitrogens with one attached hydrogen (secondary N) is 1. The van der Waals surface area contributed by atoms with Crippen LogP contribution in [0.5, 0.6) is 11.5 Å². The topological polar surface area (TPSA) is 67.9 Å². The Morgan fingerprint density at radius 3 is 2.42 bits per heavy atom. The van der Waals surface area contributed by atoms with E-state index in [2.05, 4.69) is 21.2 Å². The molecule has 2 amide bonds. The fourth-order valence-corrected chi connectivity index (χ4v) is 3.52. The molecule has 0 saturated heterocycles. The van der Waals surface area contributed by atoms with Crippen LogP contribution in [-0.2, 0) is 16.1 Å². The van der Waals surface area contributed by atoms with Crippen LogP contribution < -0.4 is 14.8 Å². The maximum atomic E-state index is 13.1. The molecule has 6 nitrogen and oxygen atoms in total. The molecule has 2 atom stereocenters. The van der Waals surface area contributed by atoms with Crippen LogP contribution in [0, 0.1) is 0 Å². The monoisotopic (exact) mass is 510 g/mol. The summed E-state index contributed by atoms with van der Waals surface area (Å²) in [5, 5.41) is 3.33. The zero-order valence-corrected chi connectivity index (χ0v) is 20.5. The Morgan fingerprint density at radius 2 is 1.84 bits per heavy atom. The van der Waals surface area contributed by atoms with Gasteiger partial charge in [-0.15, -0.1) is 0 Å². The molecule has 1 N–H and O–H groups in total. The van der Waals surface area contributed by atoms with Gasteiger partial charge in [-0.3, -0.25) is 9.59 Å². The zero-order chi connectivity index (χ0) is 23.0. The fourth-order valence-electron chi connectivity index (χ4n) is 2.79. The molecule has 0 aliphatic rings. The summed E-state index contributed by atoms with van der Waals surface area (Å²) in [6.45, 7) is 5.66. The number of hydrogen-bond donors (Lipinski definition) is 1. The molecule has 0 unspecified atom stereocenters. The van der Waals surface area contributed by atoms with Crippen molar-refractivity contribution in [2.24, 2.45) is 0 Å². The molecule has 0 aromatic heterocycles. The highest BCUT2D eigenvalue weighted by Gasteiger charge is 2.27. The van der Waals surface area contributed by atoms with Gasteiger partial charge in [0.15, 0.2) is 6.61 Å². The predicted molar refractivity (Wildman–Crippen MR) is 126 cm³/mol. The van der Waals surface area contributed by atoms with Crippen molar-refractivity contribution in [3.05, 3.63) is 57.5 Å². The second-order valence-electron chi connectivity index (χ2n) is 7.23. The normalized spacial score (nSPS) is 12.6. The predicted octanol–water partition coefficient (Wildman–Crippen LogP) is 4.82. The number of carbonyl (C=O) groups excluding carboxylic acids is 2. The second kappa shape index (κ2) is 12.0. The van der Waals surface area contributed by atoms with Gasteiger partial charge >= 0.3 is 0 Å². The van der Waals surface area contributed by atoms with Crippen LogP contribution in [0.15, 0.2) is 46.9 Å². The summed E-state index contributed by atoms with van der Waals surface area (Å²) in [4.78, 5) is 27.3. The van der Waals surface area contributed by atoms with E-state index in [9.17, 15) is 9.59 Å². The van der Waals surface area contributed by atoms with Gasteiger partial charge < -0.3 is 19.7 Å². The van der Waals surface area contributed by atoms with E-state index < -0.39 is 6.04 Å². The average Bonchev–Trinajstić information content (AvgIpc) is 2.76. The van der Waals surface area contributed by atoms with Gasteiger partial charge in [0.25, 0.3) is 5.91 Å². The number of benzene rings is 2. The quantitative estimate of drug-likeness (QED) is 0.496. The van der Waals surface area contributed by atoms with Gasteiger partial charge in [-0.25, -0.2) is 0 Å². The molecule has 0 aliphatic heterocycles. The van der Waals surface area contributed by atoms with Crippen LogP contribution in [0.1, 0.15) is 32.8 Å². The van der Waals surface area contributed by atoms with Gasteiger partial charge in [0, 0.05) is 17.1 Å². The van der Waals surface area contributed by atoms with E-state index in [4.69, 9.17) is 21.1 Å². The third-order valence-corrected chi connectivity index (χ3v) is 5.71. The van der Waals surface area contributed by atoms with Crippen molar-refractivity contribution in [3.63, 3.8) is 0 Å². The molecule has 0 saturated carbocycles. The molecular weight excluding hydrogens is 484 g/mol. The lowest BCUT2D eigenvalue weighted by atomic mass is 10.1. The van der Waals surface area contributed by atoms with E-state index in [0.717, 1.165) is 22.2 Å². The van der Waals surface area contributed by atoms with Crippen LogP contribution >= 0.6 is 27.5 Å². The van der Waals surface area contributed by atoms with Crippen LogP contribution in [0.3, 0.4) is 0 Å². The molecule has 0 heterocycles. The van der Waals surface area contributed by atoms with Crippen molar-refractivity contribution in [2.75, 3.05) is 13.7 Å². The van der Waals surface area contributed by atoms with Crippen LogP contribution in [0.4, 0.5) is 0 Å². The van der Waals surface area contributed by atoms with Crippen LogP contribution in [0.2, 0.25) is 5.02 Å². The molecule has 8 heteroatoms. The Balaban J connectivity index is 2.17. The highest BCUT2D eigenvalue weighted by molar-refractivity contribution is 9.10. The van der Waals surface area contributed by atoms with Gasteiger partial charge in [-0.2, -0.15) is 0 Å². The van der Waals surface area contributed by atoms with E-state index >= 15 is 0 Å². The molecule has 0 fully saturated rings. The summed E-state index contributed by atoms with van der Waals surface area (Å²) < 4.78 is 11.6. The molecule has 2 rings (SSSR count). The fraction of sp³-hybridized carbons (Fsp3) is 0.391. The van der Waals surface area contributed by atoms with Gasteiger partial charge in [0.05, 0.1) is 12.1 Å². The van der Waals surface area contributed by atoms with Crippen molar-refractivity contribution in [1.82, 2.24) is 10.2 Å². The number of hydrogen-bond acceptors (Lipinski definition) is 4. The summed E-state index contributed by atoms with van der Waals surface area (Å²) in [5.41, 5.74) is 0.874. The van der Waals surface area contributed by atoms with E-state index in [0.29, 0.717) is 10.8 Å². The second-order valence-corrected chi connectivity index (χ2v) is 8.55. The number of nitrogens with zero attached hydrogens (tertiary/aromatic N) is 1. The minimum atomic E-state index is -0.674. The smallest absolute Gasteiger partial charge is 0.261 e. The lowest BCUT2D eigenvalue weighted by Gasteiger charge is -2.29. The number of carbonyl (C=O) groups is 2. The summed E-state index contributed by atoms with van der Waals surface area (Å²) in [7, 11) is 1.59. The summed E-state index contributed by atoms with van der Waals surface area (Å²) >= 11 is 9.52. The van der Waals surface area contributed by atoms with Crippen LogP contribution in [0.25, 0.3) is 0 Å². The van der Waals surface area contributed by atoms with Gasteiger partial charge in [0.1, 0.15) is 17.5 Å². The number of methoxy groups -OCH3 is 1. The highest BCUT2D eigenvalue weighted by Crippen LogP contribution is 2.27. The maximum absolute atomic E-state index is 13.1. The van der Waals surface area contributed by atoms with E-state index in [1.165, 1.54) is 4.90 Å². The van der Waals surface area contributed by atoms with E-state index in [-0.39, 0.29) is 31.0 Å². The number of ether oxygens (including phenoxy) is 2. The molecule has 31 heavy (non-hydrogen) atoms. The largest absolute Gasteiger partial charge is 0.497 e. The van der Waals surface area contributed by atoms with Gasteiger partial charge in [0.2, 0.25) is 5.91 Å². The Morgan fingerprint density at radius 1 is 1.16 bits per heavy atom. The lowest BCUT2D eigenvalue weighted by Crippen LogP contribution is -2.50. The molecule has 0 bridgehead atoms. The third-order valence-electron chi connectivity index (χ3n) is 4.93. The molecule has 2 aromatic rings. The highest BCUT2D eigenvalue weighted by atomic mass is 79.9. The Bertz CT molecular complexity index is 892. The van der Waals surface area contributed by atoms with Gasteiger partial charge in [-0.1, -0.05) is 46.6 Å². The maximum Gasteiger partial charge on any atom is 0.261 e. The SMILES string of the molecule is CC[C@@H](C)NC(=O)[C@@H](C)N(Cc1ccc(OC)cc1)C(=O)COc1ccc(Br)cc1Cl. The summed E-state index contributed by atoms with van der Waals surface area (Å²) in [6.07, 6.45) is 0.802. The molecular formula is C23H28BrClN2O4. The number of amides is 2. The molecule has 0 radical (unpaired) electrons. The van der Waals surface area contributed by atoms with E-state index in [1.54, 1.807) is 32.2 Å². The Labute approximate surface area is 197 Å². The molecule has 0 aliphatic carbocycles. The first kappa shape index (κ1) is 25.0. The zero-order valence-electron chi connectivity index (χ0n) is 18.2. The minimum absolute atomic E-state index is 0.0192. The van der Waals surface area contributed by atoms with Gasteiger partial charge in [-0.05, 0) is 56.2 Å². The minimum Gasteiger partial charge on any atom is -0.497 e. The number of rotatable bonds is 10. The molecule has 168 valence electrons. The third kappa shape index (κ3) is 7.43. The molecule has 2 aromatic carbocycles. The first-order valence-corrected chi connectivity index (χ1v) is 11.2. The lowest BCUT2D eigenvalue weighted by molar-refractivity contribution is -0.142. The first-order valence-electron chi connectivity index (χ1n) is 10.1. The number of halogens is 2. The van der Waals surface area contributed by atoms with Crippen molar-refractivity contribution >= 4 is 39.3 Å². The van der Waals surface area contributed by atoms with Crippen molar-refractivity contribution in [2.45, 2.75) is 45.8 Å². The average molecular weight is 512 g/mol. The molecule has 0 spiro atoms. The van der Waals surface area contributed by atoms with Crippen molar-refractivity contribution in [1.29, 1.82) is 0 Å². The Kier molecular flexibility index (Phi) is 9.65. The van der Waals surface area contributed by atoms with Crippen molar-refractivity contribution in [3.8, 4) is 11.5 Å². The summed E-state index contributed by atoms with van der Waals surface area (Å²) in [6, 6.07) is 11.9.